The van der Waals surface area contributed by atoms with Crippen LogP contribution in [0.15, 0.2) is 17.5 Å². The summed E-state index contributed by atoms with van der Waals surface area (Å²) in [7, 11) is 0. The summed E-state index contributed by atoms with van der Waals surface area (Å²) in [4.78, 5) is 1.30. The third-order valence-electron chi connectivity index (χ3n) is 4.71. The van der Waals surface area contributed by atoms with E-state index in [4.69, 9.17) is 9.47 Å². The minimum Gasteiger partial charge on any atom is -0.370 e. The lowest BCUT2D eigenvalue weighted by atomic mass is 9.75. The Morgan fingerprint density at radius 3 is 2.89 bits per heavy atom. The van der Waals surface area contributed by atoms with E-state index in [1.807, 2.05) is 0 Å². The number of hydrogen-bond acceptors (Lipinski definition) is 3. The number of ether oxygens (including phenoxy) is 2. The SMILES string of the molecule is CC(C)C12CC(OCc3cccs3)C(C)(CC1I)O2. The van der Waals surface area contributed by atoms with Gasteiger partial charge in [-0.15, -0.1) is 11.3 Å². The van der Waals surface area contributed by atoms with Crippen molar-refractivity contribution in [1.82, 2.24) is 0 Å². The number of alkyl halides is 1. The molecule has 0 spiro atoms. The number of hydrogen-bond donors (Lipinski definition) is 0. The van der Waals surface area contributed by atoms with Crippen molar-refractivity contribution < 1.29 is 9.47 Å². The Hall–Kier alpha value is 0.350. The molecule has 1 aromatic rings. The molecule has 0 N–H and O–H groups in total. The number of halogens is 1. The van der Waals surface area contributed by atoms with Crippen molar-refractivity contribution in [2.24, 2.45) is 5.92 Å². The molecule has 0 radical (unpaired) electrons. The number of rotatable bonds is 4. The Morgan fingerprint density at radius 2 is 2.32 bits per heavy atom. The summed E-state index contributed by atoms with van der Waals surface area (Å²) in [5.41, 5.74) is -0.0667. The van der Waals surface area contributed by atoms with Crippen molar-refractivity contribution >= 4 is 33.9 Å². The van der Waals surface area contributed by atoms with Crippen LogP contribution in [-0.2, 0) is 16.1 Å². The first kappa shape index (κ1) is 14.3. The zero-order chi connectivity index (χ0) is 13.7. The van der Waals surface area contributed by atoms with E-state index in [0.29, 0.717) is 9.84 Å². The van der Waals surface area contributed by atoms with Crippen LogP contribution in [-0.4, -0.2) is 21.2 Å². The second-order valence-electron chi connectivity index (χ2n) is 6.28. The minimum absolute atomic E-state index is 0.0232. The van der Waals surface area contributed by atoms with Gasteiger partial charge < -0.3 is 9.47 Å². The van der Waals surface area contributed by atoms with Crippen LogP contribution in [0.2, 0.25) is 0 Å². The van der Waals surface area contributed by atoms with Gasteiger partial charge in [-0.05, 0) is 30.7 Å². The predicted octanol–water partition coefficient (Wildman–Crippen LogP) is 4.41. The fourth-order valence-electron chi connectivity index (χ4n) is 3.47. The zero-order valence-corrected chi connectivity index (χ0v) is 14.7. The summed E-state index contributed by atoms with van der Waals surface area (Å²) in [6, 6.07) is 4.22. The summed E-state index contributed by atoms with van der Waals surface area (Å²) >= 11 is 4.34. The van der Waals surface area contributed by atoms with E-state index in [1.54, 1.807) is 11.3 Å². The molecule has 3 heterocycles. The fourth-order valence-corrected chi connectivity index (χ4v) is 6.07. The van der Waals surface area contributed by atoms with Gasteiger partial charge in [0.05, 0.1) is 23.9 Å². The Labute approximate surface area is 133 Å². The Morgan fingerprint density at radius 1 is 1.53 bits per heavy atom. The normalized spacial score (nSPS) is 41.3. The zero-order valence-electron chi connectivity index (χ0n) is 11.7. The van der Waals surface area contributed by atoms with Gasteiger partial charge in [0.2, 0.25) is 0 Å². The van der Waals surface area contributed by atoms with Gasteiger partial charge in [-0.1, -0.05) is 42.5 Å². The first-order valence-corrected chi connectivity index (χ1v) is 9.07. The van der Waals surface area contributed by atoms with Gasteiger partial charge >= 0.3 is 0 Å². The Balaban J connectivity index is 1.72. The first-order valence-electron chi connectivity index (χ1n) is 6.94. The second kappa shape index (κ2) is 4.97. The molecule has 2 fully saturated rings. The highest BCUT2D eigenvalue weighted by atomic mass is 127. The monoisotopic (exact) mass is 392 g/mol. The molecule has 19 heavy (non-hydrogen) atoms. The van der Waals surface area contributed by atoms with Crippen LogP contribution in [0, 0.1) is 5.92 Å². The van der Waals surface area contributed by atoms with Gasteiger partial charge in [0.15, 0.2) is 0 Å². The summed E-state index contributed by atoms with van der Waals surface area (Å²) in [6.45, 7) is 7.51. The largest absolute Gasteiger partial charge is 0.370 e. The maximum Gasteiger partial charge on any atom is 0.0935 e. The summed E-state index contributed by atoms with van der Waals surface area (Å²) in [6.07, 6.45) is 2.39. The van der Waals surface area contributed by atoms with E-state index in [0.717, 1.165) is 19.4 Å². The molecule has 2 bridgehead atoms. The summed E-state index contributed by atoms with van der Waals surface area (Å²) in [5.74, 6) is 0.548. The van der Waals surface area contributed by atoms with Crippen molar-refractivity contribution in [1.29, 1.82) is 0 Å². The van der Waals surface area contributed by atoms with Crippen LogP contribution in [0.4, 0.5) is 0 Å². The van der Waals surface area contributed by atoms with E-state index < -0.39 is 0 Å². The van der Waals surface area contributed by atoms with Crippen LogP contribution in [0.5, 0.6) is 0 Å². The summed E-state index contributed by atoms with van der Waals surface area (Å²) < 4.78 is 13.3. The Bertz CT molecular complexity index is 447. The first-order chi connectivity index (χ1) is 8.96. The van der Waals surface area contributed by atoms with Gasteiger partial charge in [-0.25, -0.2) is 0 Å². The van der Waals surface area contributed by atoms with Gasteiger partial charge in [-0.2, -0.15) is 0 Å². The second-order valence-corrected chi connectivity index (χ2v) is 8.82. The molecule has 4 atom stereocenters. The van der Waals surface area contributed by atoms with Crippen LogP contribution < -0.4 is 0 Å². The van der Waals surface area contributed by atoms with E-state index in [1.165, 1.54) is 4.88 Å². The van der Waals surface area contributed by atoms with Crippen LogP contribution in [0.3, 0.4) is 0 Å². The summed E-state index contributed by atoms with van der Waals surface area (Å²) in [5, 5.41) is 2.11. The average Bonchev–Trinajstić information content (AvgIpc) is 2.98. The minimum atomic E-state index is -0.0899. The highest BCUT2D eigenvalue weighted by Crippen LogP contribution is 2.57. The highest BCUT2D eigenvalue weighted by molar-refractivity contribution is 14.1. The molecule has 4 unspecified atom stereocenters. The molecular formula is C15H21IO2S. The molecule has 0 aromatic carbocycles. The molecule has 2 nitrogen and oxygen atoms in total. The lowest BCUT2D eigenvalue weighted by Crippen LogP contribution is -2.44. The number of fused-ring (bicyclic) bond motifs is 2. The standard InChI is InChI=1S/C15H21IO2S/c1-10(2)15-8-13(14(3,18-15)7-12(15)16)17-9-11-5-4-6-19-11/h4-6,10,12-13H,7-9H2,1-3H3. The van der Waals surface area contributed by atoms with Gasteiger partial charge in [-0.3, -0.25) is 0 Å². The maximum absolute atomic E-state index is 6.47. The Kier molecular flexibility index (Phi) is 3.74. The van der Waals surface area contributed by atoms with E-state index in [2.05, 4.69) is 60.9 Å². The van der Waals surface area contributed by atoms with Crippen LogP contribution in [0.1, 0.15) is 38.5 Å². The van der Waals surface area contributed by atoms with Crippen molar-refractivity contribution in [3.8, 4) is 0 Å². The maximum atomic E-state index is 6.47. The van der Waals surface area contributed by atoms with E-state index >= 15 is 0 Å². The molecule has 2 aliphatic rings. The predicted molar refractivity (Wildman–Crippen MR) is 87.0 cm³/mol. The molecule has 0 amide bonds. The molecule has 0 aliphatic carbocycles. The third kappa shape index (κ3) is 2.28. The van der Waals surface area contributed by atoms with Gasteiger partial charge in [0.1, 0.15) is 0 Å². The fraction of sp³-hybridized carbons (Fsp3) is 0.733. The van der Waals surface area contributed by atoms with Crippen molar-refractivity contribution in [3.05, 3.63) is 22.4 Å². The number of thiophene rings is 1. The third-order valence-corrected chi connectivity index (χ3v) is 7.05. The van der Waals surface area contributed by atoms with E-state index in [-0.39, 0.29) is 17.3 Å². The molecule has 0 saturated carbocycles. The molecule has 2 saturated heterocycles. The molecule has 3 rings (SSSR count). The van der Waals surface area contributed by atoms with Crippen molar-refractivity contribution in [2.45, 2.75) is 61.5 Å². The quantitative estimate of drug-likeness (QED) is 0.558. The molecule has 1 aromatic heterocycles. The van der Waals surface area contributed by atoms with Crippen molar-refractivity contribution in [2.75, 3.05) is 0 Å². The van der Waals surface area contributed by atoms with Crippen molar-refractivity contribution in [3.63, 3.8) is 0 Å². The van der Waals surface area contributed by atoms with Gasteiger partial charge in [0.25, 0.3) is 0 Å². The van der Waals surface area contributed by atoms with Crippen LogP contribution in [0.25, 0.3) is 0 Å². The van der Waals surface area contributed by atoms with Crippen LogP contribution >= 0.6 is 33.9 Å². The molecular weight excluding hydrogens is 371 g/mol. The highest BCUT2D eigenvalue weighted by Gasteiger charge is 2.65. The van der Waals surface area contributed by atoms with Gasteiger partial charge in [0, 0.05) is 15.2 Å². The topological polar surface area (TPSA) is 18.5 Å². The molecule has 4 heteroatoms. The lowest BCUT2D eigenvalue weighted by molar-refractivity contribution is -0.0951. The lowest BCUT2D eigenvalue weighted by Gasteiger charge is -2.35. The smallest absolute Gasteiger partial charge is 0.0935 e. The molecule has 106 valence electrons. The molecule has 2 aliphatic heterocycles. The average molecular weight is 392 g/mol. The van der Waals surface area contributed by atoms with E-state index in [9.17, 15) is 0 Å².